The summed E-state index contributed by atoms with van der Waals surface area (Å²) < 4.78 is 4.90. The molecule has 0 aliphatic heterocycles. The zero-order valence-electron chi connectivity index (χ0n) is 10.2. The van der Waals surface area contributed by atoms with Crippen LogP contribution in [0.2, 0.25) is 0 Å². The fraction of sp³-hybridized carbons (Fsp3) is 0.154. The van der Waals surface area contributed by atoms with Gasteiger partial charge in [-0.25, -0.2) is 4.79 Å². The second-order valence-electron chi connectivity index (χ2n) is 3.99. The van der Waals surface area contributed by atoms with Gasteiger partial charge in [0.15, 0.2) is 5.76 Å². The number of carbonyl (C=O) groups is 2. The first-order valence-electron chi connectivity index (χ1n) is 5.57. The molecule has 0 aromatic carbocycles. The Morgan fingerprint density at radius 1 is 1.47 bits per heavy atom. The van der Waals surface area contributed by atoms with Crippen molar-refractivity contribution in [3.63, 3.8) is 0 Å². The summed E-state index contributed by atoms with van der Waals surface area (Å²) in [6, 6.07) is 3.00. The topological polar surface area (TPSA) is 92.4 Å². The average Bonchev–Trinajstić information content (AvgIpc) is 2.87. The minimum atomic E-state index is -1.13. The van der Waals surface area contributed by atoms with Crippen LogP contribution in [0, 0.1) is 6.92 Å². The van der Waals surface area contributed by atoms with Crippen LogP contribution in [0.15, 0.2) is 35.2 Å². The molecular formula is C13H12N2O4. The van der Waals surface area contributed by atoms with Crippen molar-refractivity contribution < 1.29 is 19.1 Å². The third-order valence-electron chi connectivity index (χ3n) is 2.65. The summed E-state index contributed by atoms with van der Waals surface area (Å²) in [5, 5.41) is 11.4. The number of carboxylic acid groups (broad SMARTS) is 1. The minimum Gasteiger partial charge on any atom is -0.478 e. The molecule has 0 atom stereocenters. The Labute approximate surface area is 109 Å². The molecule has 0 saturated carbocycles. The number of rotatable bonds is 4. The van der Waals surface area contributed by atoms with E-state index in [-0.39, 0.29) is 11.3 Å². The second-order valence-corrected chi connectivity index (χ2v) is 3.99. The number of furan rings is 1. The predicted molar refractivity (Wildman–Crippen MR) is 65.8 cm³/mol. The highest BCUT2D eigenvalue weighted by atomic mass is 16.4. The van der Waals surface area contributed by atoms with Crippen LogP contribution in [0.25, 0.3) is 0 Å². The fourth-order valence-corrected chi connectivity index (χ4v) is 1.53. The third-order valence-corrected chi connectivity index (χ3v) is 2.65. The lowest BCUT2D eigenvalue weighted by atomic mass is 10.1. The molecule has 0 unspecified atom stereocenters. The normalized spacial score (nSPS) is 10.2. The highest BCUT2D eigenvalue weighted by molar-refractivity contribution is 5.95. The van der Waals surface area contributed by atoms with Gasteiger partial charge >= 0.3 is 5.97 Å². The highest BCUT2D eigenvalue weighted by Crippen LogP contribution is 2.09. The van der Waals surface area contributed by atoms with Crippen LogP contribution >= 0.6 is 0 Å². The number of pyridine rings is 1. The van der Waals surface area contributed by atoms with Crippen molar-refractivity contribution in [3.8, 4) is 0 Å². The molecule has 6 nitrogen and oxygen atoms in total. The van der Waals surface area contributed by atoms with Gasteiger partial charge in [0.1, 0.15) is 6.26 Å². The molecule has 0 aliphatic carbocycles. The Bertz CT molecular complexity index is 619. The quantitative estimate of drug-likeness (QED) is 0.871. The maximum Gasteiger partial charge on any atom is 0.338 e. The number of aromatic carboxylic acids is 1. The molecule has 2 aromatic rings. The van der Waals surface area contributed by atoms with Gasteiger partial charge in [-0.3, -0.25) is 9.78 Å². The Kier molecular flexibility index (Phi) is 3.61. The molecule has 0 saturated heterocycles. The highest BCUT2D eigenvalue weighted by Gasteiger charge is 2.14. The molecule has 6 heteroatoms. The van der Waals surface area contributed by atoms with E-state index in [2.05, 4.69) is 10.3 Å². The van der Waals surface area contributed by atoms with Crippen molar-refractivity contribution in [2.45, 2.75) is 13.5 Å². The summed E-state index contributed by atoms with van der Waals surface area (Å²) in [4.78, 5) is 26.4. The van der Waals surface area contributed by atoms with E-state index in [1.165, 1.54) is 6.07 Å². The zero-order valence-corrected chi connectivity index (χ0v) is 10.2. The van der Waals surface area contributed by atoms with Crippen LogP contribution in [-0.4, -0.2) is 22.0 Å². The Hall–Kier alpha value is -2.63. The van der Waals surface area contributed by atoms with Crippen molar-refractivity contribution in [2.24, 2.45) is 0 Å². The van der Waals surface area contributed by atoms with Crippen molar-refractivity contribution in [1.29, 1.82) is 0 Å². The number of hydrogen-bond donors (Lipinski definition) is 2. The molecule has 0 aliphatic rings. The van der Waals surface area contributed by atoms with Gasteiger partial charge in [0.05, 0.1) is 5.56 Å². The van der Waals surface area contributed by atoms with Gasteiger partial charge in [0.25, 0.3) is 5.91 Å². The molecule has 19 heavy (non-hydrogen) atoms. The summed E-state index contributed by atoms with van der Waals surface area (Å²) in [5.74, 6) is -1.61. The molecule has 98 valence electrons. The molecule has 2 N–H and O–H groups in total. The molecule has 0 spiro atoms. The van der Waals surface area contributed by atoms with Crippen LogP contribution in [0.3, 0.4) is 0 Å². The van der Waals surface area contributed by atoms with Gasteiger partial charge in [-0.15, -0.1) is 0 Å². The van der Waals surface area contributed by atoms with E-state index in [9.17, 15) is 9.59 Å². The van der Waals surface area contributed by atoms with Crippen LogP contribution in [0.4, 0.5) is 0 Å². The maximum absolute atomic E-state index is 11.8. The van der Waals surface area contributed by atoms with E-state index in [0.717, 1.165) is 17.4 Å². The lowest BCUT2D eigenvalue weighted by Crippen LogP contribution is -2.22. The van der Waals surface area contributed by atoms with Crippen molar-refractivity contribution in [1.82, 2.24) is 10.3 Å². The monoisotopic (exact) mass is 260 g/mol. The SMILES string of the molecule is Cc1cnccc1CNC(=O)c1cc(C(=O)O)co1. The number of carbonyl (C=O) groups excluding carboxylic acids is 1. The minimum absolute atomic E-state index is 0.0240. The largest absolute Gasteiger partial charge is 0.478 e. The molecule has 0 bridgehead atoms. The van der Waals surface area contributed by atoms with Crippen molar-refractivity contribution in [2.75, 3.05) is 0 Å². The molecule has 0 fully saturated rings. The Morgan fingerprint density at radius 3 is 2.89 bits per heavy atom. The summed E-state index contributed by atoms with van der Waals surface area (Å²) in [5.41, 5.74) is 1.85. The standard InChI is InChI=1S/C13H12N2O4/c1-8-5-14-3-2-9(8)6-15-12(16)11-4-10(7-19-11)13(17)18/h2-5,7H,6H2,1H3,(H,15,16)(H,17,18). The molecule has 1 amide bonds. The molecule has 2 rings (SSSR count). The van der Waals surface area contributed by atoms with E-state index >= 15 is 0 Å². The molecule has 0 radical (unpaired) electrons. The third kappa shape index (κ3) is 2.98. The number of carboxylic acids is 1. The van der Waals surface area contributed by atoms with Crippen LogP contribution < -0.4 is 5.32 Å². The predicted octanol–water partition coefficient (Wildman–Crippen LogP) is 1.61. The van der Waals surface area contributed by atoms with Crippen molar-refractivity contribution in [3.05, 3.63) is 53.2 Å². The van der Waals surface area contributed by atoms with Gasteiger partial charge < -0.3 is 14.8 Å². The first-order valence-corrected chi connectivity index (χ1v) is 5.57. The molecular weight excluding hydrogens is 248 g/mol. The summed E-state index contributed by atoms with van der Waals surface area (Å²) in [7, 11) is 0. The summed E-state index contributed by atoms with van der Waals surface area (Å²) in [6.07, 6.45) is 4.38. The number of aromatic nitrogens is 1. The van der Waals surface area contributed by atoms with Crippen molar-refractivity contribution >= 4 is 11.9 Å². The van der Waals surface area contributed by atoms with Gasteiger partial charge in [-0.1, -0.05) is 0 Å². The Morgan fingerprint density at radius 2 is 2.26 bits per heavy atom. The van der Waals surface area contributed by atoms with Gasteiger partial charge in [0.2, 0.25) is 0 Å². The number of amides is 1. The van der Waals surface area contributed by atoms with E-state index in [4.69, 9.17) is 9.52 Å². The maximum atomic E-state index is 11.8. The molecule has 2 aromatic heterocycles. The lowest BCUT2D eigenvalue weighted by molar-refractivity contribution is 0.0696. The Balaban J connectivity index is 2.01. The van der Waals surface area contributed by atoms with Crippen LogP contribution in [-0.2, 0) is 6.54 Å². The summed E-state index contributed by atoms with van der Waals surface area (Å²) >= 11 is 0. The number of nitrogens with one attached hydrogen (secondary N) is 1. The second kappa shape index (κ2) is 5.34. The van der Waals surface area contributed by atoms with E-state index < -0.39 is 11.9 Å². The number of hydrogen-bond acceptors (Lipinski definition) is 4. The van der Waals surface area contributed by atoms with E-state index in [1.807, 2.05) is 6.92 Å². The average molecular weight is 260 g/mol. The van der Waals surface area contributed by atoms with Crippen LogP contribution in [0.5, 0.6) is 0 Å². The first-order chi connectivity index (χ1) is 9.08. The zero-order chi connectivity index (χ0) is 13.8. The number of nitrogens with zero attached hydrogens (tertiary/aromatic N) is 1. The lowest BCUT2D eigenvalue weighted by Gasteiger charge is -2.05. The van der Waals surface area contributed by atoms with E-state index in [1.54, 1.807) is 18.5 Å². The fourth-order valence-electron chi connectivity index (χ4n) is 1.53. The summed E-state index contributed by atoms with van der Waals surface area (Å²) in [6.45, 7) is 2.22. The van der Waals surface area contributed by atoms with E-state index in [0.29, 0.717) is 6.54 Å². The molecule has 2 heterocycles. The number of aryl methyl sites for hydroxylation is 1. The van der Waals surface area contributed by atoms with Gasteiger partial charge in [-0.2, -0.15) is 0 Å². The van der Waals surface area contributed by atoms with Crippen LogP contribution in [0.1, 0.15) is 32.0 Å². The smallest absolute Gasteiger partial charge is 0.338 e. The van der Waals surface area contributed by atoms with Gasteiger partial charge in [0, 0.05) is 25.0 Å². The van der Waals surface area contributed by atoms with Gasteiger partial charge in [-0.05, 0) is 24.1 Å². The first kappa shape index (κ1) is 12.8.